The van der Waals surface area contributed by atoms with Crippen molar-refractivity contribution in [1.29, 1.82) is 0 Å². The molecule has 0 aromatic heterocycles. The van der Waals surface area contributed by atoms with Crippen molar-refractivity contribution in [2.24, 2.45) is 0 Å². The number of imide groups is 1. The fourth-order valence-electron chi connectivity index (χ4n) is 5.65. The second-order valence-corrected chi connectivity index (χ2v) is 9.39. The van der Waals surface area contributed by atoms with Crippen LogP contribution in [0.2, 0.25) is 0 Å². The number of rotatable bonds is 5. The molecule has 3 amide bonds. The molecule has 4 heterocycles. The Morgan fingerprint density at radius 1 is 1.00 bits per heavy atom. The van der Waals surface area contributed by atoms with Crippen LogP contribution in [0.5, 0.6) is 0 Å². The van der Waals surface area contributed by atoms with Crippen molar-refractivity contribution in [3.63, 3.8) is 0 Å². The van der Waals surface area contributed by atoms with Gasteiger partial charge in [0.05, 0.1) is 0 Å². The molecule has 32 heavy (non-hydrogen) atoms. The van der Waals surface area contributed by atoms with E-state index in [1.165, 1.54) is 5.56 Å². The number of carbonyl (C=O) groups excluding carboxylic acids is 3. The molecule has 2 N–H and O–H groups in total. The molecule has 4 aliphatic rings. The molecule has 0 aliphatic carbocycles. The summed E-state index contributed by atoms with van der Waals surface area (Å²) in [5.74, 6) is -0.733. The van der Waals surface area contributed by atoms with Gasteiger partial charge in [0.15, 0.2) is 0 Å². The molecular formula is C24H32N4O4. The summed E-state index contributed by atoms with van der Waals surface area (Å²) in [5, 5.41) is 5.84. The molecule has 1 aromatic rings. The van der Waals surface area contributed by atoms with Gasteiger partial charge >= 0.3 is 0 Å². The first-order valence-electron chi connectivity index (χ1n) is 11.9. The maximum Gasteiger partial charge on any atom is 0.255 e. The Morgan fingerprint density at radius 3 is 2.50 bits per heavy atom. The number of fused-ring (bicyclic) bond motifs is 1. The summed E-state index contributed by atoms with van der Waals surface area (Å²) >= 11 is 0. The number of carbonyl (C=O) groups is 3. The Hall–Kier alpha value is -2.29. The fourth-order valence-corrected chi connectivity index (χ4v) is 5.65. The van der Waals surface area contributed by atoms with E-state index in [0.717, 1.165) is 64.1 Å². The third-order valence-corrected chi connectivity index (χ3v) is 7.39. The molecule has 4 aliphatic heterocycles. The van der Waals surface area contributed by atoms with Crippen LogP contribution in [-0.4, -0.2) is 72.0 Å². The number of nitrogens with one attached hydrogen (secondary N) is 2. The van der Waals surface area contributed by atoms with Crippen LogP contribution in [0.3, 0.4) is 0 Å². The summed E-state index contributed by atoms with van der Waals surface area (Å²) in [4.78, 5) is 41.1. The molecule has 3 saturated heterocycles. The molecule has 5 rings (SSSR count). The monoisotopic (exact) mass is 440 g/mol. The highest BCUT2D eigenvalue weighted by atomic mass is 16.5. The highest BCUT2D eigenvalue weighted by molar-refractivity contribution is 6.05. The van der Waals surface area contributed by atoms with Gasteiger partial charge in [0.2, 0.25) is 11.8 Å². The van der Waals surface area contributed by atoms with Gasteiger partial charge in [-0.2, -0.15) is 0 Å². The molecule has 0 spiro atoms. The van der Waals surface area contributed by atoms with Crippen molar-refractivity contribution in [2.75, 3.05) is 26.3 Å². The minimum absolute atomic E-state index is 0.110. The van der Waals surface area contributed by atoms with Crippen LogP contribution in [0.15, 0.2) is 18.2 Å². The summed E-state index contributed by atoms with van der Waals surface area (Å²) in [5.41, 5.74) is 2.87. The van der Waals surface area contributed by atoms with Crippen molar-refractivity contribution in [3.05, 3.63) is 34.9 Å². The van der Waals surface area contributed by atoms with Crippen LogP contribution >= 0.6 is 0 Å². The molecule has 1 aromatic carbocycles. The number of hydrogen-bond donors (Lipinski definition) is 2. The second-order valence-electron chi connectivity index (χ2n) is 9.39. The molecule has 1 unspecified atom stereocenters. The smallest absolute Gasteiger partial charge is 0.255 e. The van der Waals surface area contributed by atoms with Crippen LogP contribution in [0, 0.1) is 0 Å². The SMILES string of the molecule is O=C1CCC(N2Cc3cc(CN(C4CCNCC4)C4CCOCC4)ccc3C2=O)C(=O)N1. The van der Waals surface area contributed by atoms with Crippen molar-refractivity contribution < 1.29 is 19.1 Å². The Morgan fingerprint density at radius 2 is 1.75 bits per heavy atom. The zero-order chi connectivity index (χ0) is 22.1. The predicted molar refractivity (Wildman–Crippen MR) is 118 cm³/mol. The van der Waals surface area contributed by atoms with Gasteiger partial charge in [-0.15, -0.1) is 0 Å². The van der Waals surface area contributed by atoms with E-state index in [2.05, 4.69) is 27.7 Å². The molecule has 0 bridgehead atoms. The maximum atomic E-state index is 13.0. The Bertz CT molecular complexity index is 874. The average Bonchev–Trinajstić information content (AvgIpc) is 3.14. The van der Waals surface area contributed by atoms with Gasteiger partial charge in [0.1, 0.15) is 6.04 Å². The number of nitrogens with zero attached hydrogens (tertiary/aromatic N) is 2. The Balaban J connectivity index is 1.33. The number of hydrogen-bond acceptors (Lipinski definition) is 6. The molecule has 1 atom stereocenters. The van der Waals surface area contributed by atoms with E-state index in [4.69, 9.17) is 4.74 Å². The molecule has 8 nitrogen and oxygen atoms in total. The fraction of sp³-hybridized carbons (Fsp3) is 0.625. The van der Waals surface area contributed by atoms with E-state index < -0.39 is 6.04 Å². The number of amides is 3. The van der Waals surface area contributed by atoms with Crippen molar-refractivity contribution >= 4 is 17.7 Å². The number of piperidine rings is 2. The molecule has 0 radical (unpaired) electrons. The van der Waals surface area contributed by atoms with Gasteiger partial charge in [0, 0.05) is 50.4 Å². The van der Waals surface area contributed by atoms with Crippen LogP contribution in [0.25, 0.3) is 0 Å². The van der Waals surface area contributed by atoms with Crippen molar-refractivity contribution in [1.82, 2.24) is 20.4 Å². The zero-order valence-electron chi connectivity index (χ0n) is 18.5. The van der Waals surface area contributed by atoms with E-state index in [1.54, 1.807) is 4.90 Å². The van der Waals surface area contributed by atoms with E-state index in [9.17, 15) is 14.4 Å². The minimum atomic E-state index is -0.565. The molecule has 8 heteroatoms. The van der Waals surface area contributed by atoms with Gasteiger partial charge in [-0.05, 0) is 62.4 Å². The van der Waals surface area contributed by atoms with E-state index in [0.29, 0.717) is 30.6 Å². The quantitative estimate of drug-likeness (QED) is 0.669. The molecule has 0 saturated carbocycles. The van der Waals surface area contributed by atoms with Gasteiger partial charge in [0.25, 0.3) is 5.91 Å². The summed E-state index contributed by atoms with van der Waals surface area (Å²) in [7, 11) is 0. The lowest BCUT2D eigenvalue weighted by Gasteiger charge is -2.41. The molecule has 3 fully saturated rings. The zero-order valence-corrected chi connectivity index (χ0v) is 18.5. The van der Waals surface area contributed by atoms with Crippen LogP contribution < -0.4 is 10.6 Å². The lowest BCUT2D eigenvalue weighted by molar-refractivity contribution is -0.136. The van der Waals surface area contributed by atoms with Crippen LogP contribution in [0.4, 0.5) is 0 Å². The third kappa shape index (κ3) is 4.31. The topological polar surface area (TPSA) is 91.0 Å². The molecule has 172 valence electrons. The second kappa shape index (κ2) is 9.29. The third-order valence-electron chi connectivity index (χ3n) is 7.39. The van der Waals surface area contributed by atoms with Gasteiger partial charge < -0.3 is 15.0 Å². The van der Waals surface area contributed by atoms with Gasteiger partial charge in [-0.1, -0.05) is 12.1 Å². The number of benzene rings is 1. The first-order valence-corrected chi connectivity index (χ1v) is 11.9. The standard InChI is InChI=1S/C24H32N4O4/c29-22-4-3-21(23(30)26-22)28-15-17-13-16(1-2-20(17)24(28)31)14-27(18-5-9-25-10-6-18)19-7-11-32-12-8-19/h1-2,13,18-19,21,25H,3-12,14-15H2,(H,26,29,30). The lowest BCUT2D eigenvalue weighted by Crippen LogP contribution is -2.52. The van der Waals surface area contributed by atoms with Crippen LogP contribution in [0.1, 0.15) is 60.0 Å². The van der Waals surface area contributed by atoms with Crippen LogP contribution in [-0.2, 0) is 27.4 Å². The average molecular weight is 441 g/mol. The van der Waals surface area contributed by atoms with Gasteiger partial charge in [-0.25, -0.2) is 0 Å². The normalized spacial score (nSPS) is 25.3. The van der Waals surface area contributed by atoms with E-state index >= 15 is 0 Å². The Kier molecular flexibility index (Phi) is 6.26. The van der Waals surface area contributed by atoms with Gasteiger partial charge in [-0.3, -0.25) is 24.6 Å². The Labute approximate surface area is 188 Å². The van der Waals surface area contributed by atoms with Crippen molar-refractivity contribution in [2.45, 2.75) is 69.7 Å². The maximum absolute atomic E-state index is 13.0. The molecular weight excluding hydrogens is 408 g/mol. The minimum Gasteiger partial charge on any atom is -0.381 e. The highest BCUT2D eigenvalue weighted by Crippen LogP contribution is 2.30. The summed E-state index contributed by atoms with van der Waals surface area (Å²) in [6.07, 6.45) is 5.12. The largest absolute Gasteiger partial charge is 0.381 e. The highest BCUT2D eigenvalue weighted by Gasteiger charge is 2.39. The lowest BCUT2D eigenvalue weighted by atomic mass is 9.97. The summed E-state index contributed by atoms with van der Waals surface area (Å²) < 4.78 is 5.61. The summed E-state index contributed by atoms with van der Waals surface area (Å²) in [6.45, 7) is 5.07. The van der Waals surface area contributed by atoms with Crippen molar-refractivity contribution in [3.8, 4) is 0 Å². The van der Waals surface area contributed by atoms with E-state index in [-0.39, 0.29) is 24.1 Å². The number of ether oxygens (including phenoxy) is 1. The first-order chi connectivity index (χ1) is 15.6. The summed E-state index contributed by atoms with van der Waals surface area (Å²) in [6, 6.07) is 6.66. The first kappa shape index (κ1) is 21.6. The van der Waals surface area contributed by atoms with E-state index in [1.807, 2.05) is 6.07 Å². The predicted octanol–water partition coefficient (Wildman–Crippen LogP) is 1.18.